The molecule has 1 aromatic carbocycles. The summed E-state index contributed by atoms with van der Waals surface area (Å²) in [4.78, 5) is 22.4. The van der Waals surface area contributed by atoms with Crippen LogP contribution in [0.5, 0.6) is 0 Å². The maximum absolute atomic E-state index is 11.9. The van der Waals surface area contributed by atoms with Crippen LogP contribution in [0, 0.1) is 0 Å². The Kier molecular flexibility index (Phi) is 6.26. The van der Waals surface area contributed by atoms with Crippen molar-refractivity contribution in [1.82, 2.24) is 20.2 Å². The van der Waals surface area contributed by atoms with E-state index in [4.69, 9.17) is 0 Å². The number of rotatable bonds is 7. The zero-order chi connectivity index (χ0) is 17.5. The smallest absolute Gasteiger partial charge is 0.271 e. The first-order chi connectivity index (χ1) is 11.5. The lowest BCUT2D eigenvalue weighted by Crippen LogP contribution is -2.31. The summed E-state index contributed by atoms with van der Waals surface area (Å²) in [7, 11) is 3.92. The van der Waals surface area contributed by atoms with E-state index in [1.54, 1.807) is 6.20 Å². The van der Waals surface area contributed by atoms with Crippen molar-refractivity contribution in [1.29, 1.82) is 0 Å². The summed E-state index contributed by atoms with van der Waals surface area (Å²) in [6, 6.07) is 8.21. The van der Waals surface area contributed by atoms with Gasteiger partial charge in [0.15, 0.2) is 0 Å². The highest BCUT2D eigenvalue weighted by molar-refractivity contribution is 5.92. The van der Waals surface area contributed by atoms with E-state index in [1.807, 2.05) is 31.1 Å². The maximum Gasteiger partial charge on any atom is 0.271 e. The highest BCUT2D eigenvalue weighted by Gasteiger charge is 2.08. The van der Waals surface area contributed by atoms with Gasteiger partial charge >= 0.3 is 0 Å². The Labute approximate surface area is 143 Å². The van der Waals surface area contributed by atoms with Gasteiger partial charge in [-0.15, -0.1) is 0 Å². The Morgan fingerprint density at radius 1 is 1.12 bits per heavy atom. The first kappa shape index (κ1) is 17.9. The molecule has 6 nitrogen and oxygen atoms in total. The molecule has 0 saturated heterocycles. The highest BCUT2D eigenvalue weighted by atomic mass is 16.1. The Balaban J connectivity index is 1.92. The molecule has 2 rings (SSSR count). The molecule has 24 heavy (non-hydrogen) atoms. The van der Waals surface area contributed by atoms with Crippen molar-refractivity contribution in [3.8, 4) is 0 Å². The number of aromatic nitrogens is 2. The van der Waals surface area contributed by atoms with Crippen LogP contribution in [0.1, 0.15) is 35.8 Å². The number of nitrogens with zero attached hydrogens (tertiary/aromatic N) is 3. The molecule has 2 aromatic rings. The minimum atomic E-state index is -0.211. The van der Waals surface area contributed by atoms with Crippen LogP contribution in [-0.2, 0) is 0 Å². The van der Waals surface area contributed by atoms with Crippen LogP contribution in [0.3, 0.4) is 0 Å². The SMILES string of the molecule is CC(C)c1ccc(Nc2cnc(C(=O)NCCN(C)C)cn2)cc1. The average molecular weight is 327 g/mol. The van der Waals surface area contributed by atoms with Crippen molar-refractivity contribution in [3.05, 3.63) is 47.9 Å². The van der Waals surface area contributed by atoms with Crippen LogP contribution in [0.15, 0.2) is 36.7 Å². The monoisotopic (exact) mass is 327 g/mol. The van der Waals surface area contributed by atoms with Crippen molar-refractivity contribution in [2.24, 2.45) is 0 Å². The van der Waals surface area contributed by atoms with Gasteiger partial charge in [-0.2, -0.15) is 0 Å². The summed E-state index contributed by atoms with van der Waals surface area (Å²) in [5.74, 6) is 0.901. The zero-order valence-electron chi connectivity index (χ0n) is 14.7. The number of amides is 1. The van der Waals surface area contributed by atoms with E-state index in [0.717, 1.165) is 12.2 Å². The summed E-state index contributed by atoms with van der Waals surface area (Å²) >= 11 is 0. The Morgan fingerprint density at radius 3 is 2.38 bits per heavy atom. The van der Waals surface area contributed by atoms with E-state index in [-0.39, 0.29) is 5.91 Å². The summed E-state index contributed by atoms with van der Waals surface area (Å²) in [5, 5.41) is 6.00. The molecule has 0 radical (unpaired) electrons. The molecule has 0 aliphatic carbocycles. The fraction of sp³-hybridized carbons (Fsp3) is 0.389. The van der Waals surface area contributed by atoms with Gasteiger partial charge in [0.25, 0.3) is 5.91 Å². The number of likely N-dealkylation sites (N-methyl/N-ethyl adjacent to an activating group) is 1. The van der Waals surface area contributed by atoms with Gasteiger partial charge in [-0.25, -0.2) is 9.97 Å². The molecule has 0 saturated carbocycles. The predicted octanol–water partition coefficient (Wildman–Crippen LogP) is 2.64. The molecule has 1 amide bonds. The van der Waals surface area contributed by atoms with Crippen LogP contribution in [0.2, 0.25) is 0 Å². The number of hydrogen-bond acceptors (Lipinski definition) is 5. The third-order valence-corrected chi connectivity index (χ3v) is 3.58. The van der Waals surface area contributed by atoms with Crippen molar-refractivity contribution >= 4 is 17.4 Å². The zero-order valence-corrected chi connectivity index (χ0v) is 14.7. The average Bonchev–Trinajstić information content (AvgIpc) is 2.55. The van der Waals surface area contributed by atoms with Gasteiger partial charge < -0.3 is 15.5 Å². The van der Waals surface area contributed by atoms with Gasteiger partial charge in [-0.1, -0.05) is 26.0 Å². The fourth-order valence-electron chi connectivity index (χ4n) is 2.09. The molecule has 0 bridgehead atoms. The largest absolute Gasteiger partial charge is 0.349 e. The lowest BCUT2D eigenvalue weighted by atomic mass is 10.0. The second-order valence-electron chi connectivity index (χ2n) is 6.25. The Hall–Kier alpha value is -2.47. The van der Waals surface area contributed by atoms with Gasteiger partial charge in [0, 0.05) is 18.8 Å². The molecule has 1 aromatic heterocycles. The molecule has 0 unspecified atom stereocenters. The van der Waals surface area contributed by atoms with E-state index in [0.29, 0.717) is 24.0 Å². The van der Waals surface area contributed by atoms with Crippen molar-refractivity contribution < 1.29 is 4.79 Å². The standard InChI is InChI=1S/C18H25N5O/c1-13(2)14-5-7-15(8-6-14)22-17-12-20-16(11-21-17)18(24)19-9-10-23(3)4/h5-8,11-13H,9-10H2,1-4H3,(H,19,24)(H,21,22). The molecule has 0 aliphatic rings. The fourth-order valence-corrected chi connectivity index (χ4v) is 2.09. The molecule has 0 aliphatic heterocycles. The van der Waals surface area contributed by atoms with E-state index in [9.17, 15) is 4.79 Å². The maximum atomic E-state index is 11.9. The van der Waals surface area contributed by atoms with Crippen LogP contribution in [0.25, 0.3) is 0 Å². The Morgan fingerprint density at radius 2 is 1.83 bits per heavy atom. The van der Waals surface area contributed by atoms with Crippen LogP contribution in [0.4, 0.5) is 11.5 Å². The molecular formula is C18H25N5O. The predicted molar refractivity (Wildman–Crippen MR) is 96.7 cm³/mol. The normalized spacial score (nSPS) is 10.9. The molecule has 1 heterocycles. The Bertz CT molecular complexity index is 650. The third kappa shape index (κ3) is 5.31. The third-order valence-electron chi connectivity index (χ3n) is 3.58. The first-order valence-electron chi connectivity index (χ1n) is 8.07. The number of hydrogen-bond donors (Lipinski definition) is 2. The number of carbonyl (C=O) groups excluding carboxylic acids is 1. The van der Waals surface area contributed by atoms with Gasteiger partial charge in [0.1, 0.15) is 11.5 Å². The summed E-state index contributed by atoms with van der Waals surface area (Å²) < 4.78 is 0. The van der Waals surface area contributed by atoms with Crippen LogP contribution < -0.4 is 10.6 Å². The quantitative estimate of drug-likeness (QED) is 0.818. The summed E-state index contributed by atoms with van der Waals surface area (Å²) in [5.41, 5.74) is 2.54. The van der Waals surface area contributed by atoms with E-state index >= 15 is 0 Å². The lowest BCUT2D eigenvalue weighted by molar-refractivity contribution is 0.0945. The molecule has 2 N–H and O–H groups in total. The number of benzene rings is 1. The topological polar surface area (TPSA) is 70.2 Å². The molecule has 0 fully saturated rings. The molecule has 0 atom stereocenters. The lowest BCUT2D eigenvalue weighted by Gasteiger charge is -2.10. The van der Waals surface area contributed by atoms with Gasteiger partial charge in [-0.05, 0) is 37.7 Å². The minimum absolute atomic E-state index is 0.211. The molecule has 0 spiro atoms. The van der Waals surface area contributed by atoms with E-state index in [2.05, 4.69) is 46.6 Å². The van der Waals surface area contributed by atoms with Crippen LogP contribution in [-0.4, -0.2) is 48.0 Å². The highest BCUT2D eigenvalue weighted by Crippen LogP contribution is 2.19. The molecule has 128 valence electrons. The van der Waals surface area contributed by atoms with Crippen molar-refractivity contribution in [3.63, 3.8) is 0 Å². The summed E-state index contributed by atoms with van der Waals surface area (Å²) in [6.45, 7) is 5.69. The van der Waals surface area contributed by atoms with Gasteiger partial charge in [-0.3, -0.25) is 4.79 Å². The van der Waals surface area contributed by atoms with Gasteiger partial charge in [0.2, 0.25) is 0 Å². The van der Waals surface area contributed by atoms with Gasteiger partial charge in [0.05, 0.1) is 12.4 Å². The summed E-state index contributed by atoms with van der Waals surface area (Å²) in [6.07, 6.45) is 3.05. The van der Waals surface area contributed by atoms with E-state index < -0.39 is 0 Å². The second kappa shape index (κ2) is 8.40. The number of carbonyl (C=O) groups is 1. The first-order valence-corrected chi connectivity index (χ1v) is 8.07. The van der Waals surface area contributed by atoms with Crippen LogP contribution >= 0.6 is 0 Å². The number of nitrogens with one attached hydrogen (secondary N) is 2. The number of anilines is 2. The van der Waals surface area contributed by atoms with Crippen molar-refractivity contribution in [2.45, 2.75) is 19.8 Å². The minimum Gasteiger partial charge on any atom is -0.349 e. The molecular weight excluding hydrogens is 302 g/mol. The van der Waals surface area contributed by atoms with Crippen molar-refractivity contribution in [2.75, 3.05) is 32.5 Å². The molecule has 6 heteroatoms. The van der Waals surface area contributed by atoms with E-state index in [1.165, 1.54) is 11.8 Å². The second-order valence-corrected chi connectivity index (χ2v) is 6.25.